The number of ether oxygens (including phenoxy) is 2. The van der Waals surface area contributed by atoms with Crippen molar-refractivity contribution < 1.29 is 14.3 Å². The van der Waals surface area contributed by atoms with Crippen LogP contribution in [0.5, 0.6) is 11.5 Å². The first-order valence-corrected chi connectivity index (χ1v) is 10.6. The summed E-state index contributed by atoms with van der Waals surface area (Å²) in [5.41, 5.74) is 1.97. The molecule has 158 valence electrons. The number of para-hydroxylation sites is 1. The number of nitrogens with zero attached hydrogens (tertiary/aromatic N) is 1. The molecule has 0 radical (unpaired) electrons. The van der Waals surface area contributed by atoms with Gasteiger partial charge < -0.3 is 9.47 Å². The second kappa shape index (κ2) is 11.2. The Kier molecular flexibility index (Phi) is 8.09. The average molecular weight is 434 g/mol. The molecule has 0 aliphatic carbocycles. The smallest absolute Gasteiger partial charge is 0.329 e. The molecule has 0 bridgehead atoms. The van der Waals surface area contributed by atoms with Gasteiger partial charge in [0, 0.05) is 5.02 Å². The molecule has 0 N–H and O–H groups in total. The van der Waals surface area contributed by atoms with Crippen LogP contribution in [-0.4, -0.2) is 5.97 Å². The fraction of sp³-hybridized carbons (Fsp3) is 0.231. The van der Waals surface area contributed by atoms with E-state index >= 15 is 0 Å². The van der Waals surface area contributed by atoms with Crippen LogP contribution < -0.4 is 4.74 Å². The summed E-state index contributed by atoms with van der Waals surface area (Å²) >= 11 is 5.97. The highest BCUT2D eigenvalue weighted by Gasteiger charge is 2.28. The Morgan fingerprint density at radius 3 is 2.42 bits per heavy atom. The van der Waals surface area contributed by atoms with Crippen LogP contribution in [0.15, 0.2) is 78.9 Å². The zero-order chi connectivity index (χ0) is 22.1. The van der Waals surface area contributed by atoms with E-state index in [1.54, 1.807) is 12.1 Å². The van der Waals surface area contributed by atoms with Gasteiger partial charge in [-0.15, -0.1) is 5.26 Å². The van der Waals surface area contributed by atoms with E-state index in [-0.39, 0.29) is 5.92 Å². The molecule has 2 unspecified atom stereocenters. The van der Waals surface area contributed by atoms with Crippen molar-refractivity contribution in [2.45, 2.75) is 32.1 Å². The maximum absolute atomic E-state index is 12.4. The highest BCUT2D eigenvalue weighted by atomic mass is 35.5. The standard InChI is InChI=1S/C26H24ClNO3/c1-19(25(26(29)30-18-28)21-13-15-22(27)16-14-21)7-5-8-20-9-6-12-24(17-20)31-23-10-3-2-4-11-23/h2-4,6,9-17,19,25H,5,7-8H2,1H3. The molecule has 4 nitrogen and oxygen atoms in total. The van der Waals surface area contributed by atoms with Crippen LogP contribution in [0.25, 0.3) is 0 Å². The molecular weight excluding hydrogens is 410 g/mol. The first-order chi connectivity index (χ1) is 15.1. The van der Waals surface area contributed by atoms with Crippen LogP contribution in [0.3, 0.4) is 0 Å². The molecule has 3 aromatic rings. The molecule has 0 heterocycles. The van der Waals surface area contributed by atoms with Crippen molar-refractivity contribution in [1.82, 2.24) is 0 Å². The van der Waals surface area contributed by atoms with Crippen molar-refractivity contribution in [1.29, 1.82) is 5.26 Å². The summed E-state index contributed by atoms with van der Waals surface area (Å²) < 4.78 is 10.6. The summed E-state index contributed by atoms with van der Waals surface area (Å²) in [6.45, 7) is 2.01. The monoisotopic (exact) mass is 433 g/mol. The minimum atomic E-state index is -0.532. The van der Waals surface area contributed by atoms with Gasteiger partial charge in [0.15, 0.2) is 0 Å². The minimum absolute atomic E-state index is 0.00535. The maximum atomic E-state index is 12.4. The number of hydrogen-bond acceptors (Lipinski definition) is 4. The Bertz CT molecular complexity index is 1030. The number of aryl methyl sites for hydroxylation is 1. The number of carbonyl (C=O) groups is 1. The number of rotatable bonds is 9. The number of benzene rings is 3. The molecule has 0 fully saturated rings. The molecule has 0 spiro atoms. The van der Waals surface area contributed by atoms with Gasteiger partial charge in [-0.25, -0.2) is 0 Å². The number of esters is 1. The number of hydrogen-bond donors (Lipinski definition) is 0. The molecule has 3 aromatic carbocycles. The molecule has 0 aliphatic rings. The highest BCUT2D eigenvalue weighted by molar-refractivity contribution is 6.30. The molecule has 0 saturated carbocycles. The summed E-state index contributed by atoms with van der Waals surface area (Å²) in [5, 5.41) is 9.39. The number of halogens is 1. The third kappa shape index (κ3) is 6.60. The second-order valence-electron chi connectivity index (χ2n) is 7.47. The second-order valence-corrected chi connectivity index (χ2v) is 7.91. The number of nitriles is 1. The third-order valence-electron chi connectivity index (χ3n) is 5.20. The van der Waals surface area contributed by atoms with E-state index in [1.165, 1.54) is 11.8 Å². The normalized spacial score (nSPS) is 12.4. The van der Waals surface area contributed by atoms with Crippen LogP contribution >= 0.6 is 11.6 Å². The molecule has 0 saturated heterocycles. The quantitative estimate of drug-likeness (QED) is 0.272. The fourth-order valence-electron chi connectivity index (χ4n) is 3.66. The van der Waals surface area contributed by atoms with Crippen LogP contribution in [0, 0.1) is 17.4 Å². The molecule has 0 amide bonds. The lowest BCUT2D eigenvalue weighted by atomic mass is 9.84. The van der Waals surface area contributed by atoms with Crippen molar-refractivity contribution >= 4 is 17.6 Å². The lowest BCUT2D eigenvalue weighted by Gasteiger charge is -2.21. The van der Waals surface area contributed by atoms with E-state index in [2.05, 4.69) is 10.8 Å². The topological polar surface area (TPSA) is 59.3 Å². The SMILES string of the molecule is CC(CCCc1cccc(Oc2ccccc2)c1)C(C(=O)OC#N)c1ccc(Cl)cc1. The third-order valence-corrected chi connectivity index (χ3v) is 5.45. The van der Waals surface area contributed by atoms with Gasteiger partial charge >= 0.3 is 5.97 Å². The zero-order valence-corrected chi connectivity index (χ0v) is 18.1. The van der Waals surface area contributed by atoms with Gasteiger partial charge in [0.2, 0.25) is 0 Å². The molecular formula is C26H24ClNO3. The molecule has 0 aliphatic heterocycles. The average Bonchev–Trinajstić information content (AvgIpc) is 2.76. The summed E-state index contributed by atoms with van der Waals surface area (Å²) in [6, 6.07) is 24.8. The first kappa shape index (κ1) is 22.4. The Morgan fingerprint density at radius 1 is 1.00 bits per heavy atom. The van der Waals surface area contributed by atoms with Crippen LogP contribution in [0.1, 0.15) is 36.8 Å². The highest BCUT2D eigenvalue weighted by Crippen LogP contribution is 2.31. The van der Waals surface area contributed by atoms with Gasteiger partial charge in [-0.05, 0) is 72.7 Å². The molecule has 2 atom stereocenters. The van der Waals surface area contributed by atoms with E-state index in [1.807, 2.05) is 67.6 Å². The molecule has 5 heteroatoms. The van der Waals surface area contributed by atoms with Gasteiger partial charge in [0.25, 0.3) is 6.26 Å². The Balaban J connectivity index is 1.61. The van der Waals surface area contributed by atoms with Gasteiger partial charge in [0.1, 0.15) is 11.5 Å². The van der Waals surface area contributed by atoms with Crippen molar-refractivity contribution in [2.24, 2.45) is 5.92 Å². The van der Waals surface area contributed by atoms with Crippen molar-refractivity contribution in [3.8, 4) is 17.8 Å². The molecule has 0 aromatic heterocycles. The van der Waals surface area contributed by atoms with Crippen LogP contribution in [0.2, 0.25) is 5.02 Å². The van der Waals surface area contributed by atoms with E-state index in [0.29, 0.717) is 5.02 Å². The summed E-state index contributed by atoms with van der Waals surface area (Å²) in [7, 11) is 0. The van der Waals surface area contributed by atoms with Crippen LogP contribution in [0.4, 0.5) is 0 Å². The lowest BCUT2D eigenvalue weighted by Crippen LogP contribution is -2.21. The van der Waals surface area contributed by atoms with Gasteiger partial charge in [-0.3, -0.25) is 4.79 Å². The van der Waals surface area contributed by atoms with Crippen molar-refractivity contribution in [2.75, 3.05) is 0 Å². The summed E-state index contributed by atoms with van der Waals surface area (Å²) in [6.07, 6.45) is 4.05. The van der Waals surface area contributed by atoms with Gasteiger partial charge in [-0.1, -0.05) is 61.0 Å². The summed E-state index contributed by atoms with van der Waals surface area (Å²) in [4.78, 5) is 12.4. The number of carbonyl (C=O) groups excluding carboxylic acids is 1. The van der Waals surface area contributed by atoms with Gasteiger partial charge in [-0.2, -0.15) is 0 Å². The van der Waals surface area contributed by atoms with E-state index in [0.717, 1.165) is 36.3 Å². The largest absolute Gasteiger partial charge is 0.457 e. The fourth-order valence-corrected chi connectivity index (χ4v) is 3.79. The Labute approximate surface area is 188 Å². The van der Waals surface area contributed by atoms with E-state index in [9.17, 15) is 4.79 Å². The van der Waals surface area contributed by atoms with Gasteiger partial charge in [0.05, 0.1) is 5.92 Å². The predicted octanol–water partition coefficient (Wildman–Crippen LogP) is 6.90. The van der Waals surface area contributed by atoms with E-state index < -0.39 is 11.9 Å². The van der Waals surface area contributed by atoms with Crippen molar-refractivity contribution in [3.63, 3.8) is 0 Å². The Hall–Kier alpha value is -3.29. The van der Waals surface area contributed by atoms with E-state index in [4.69, 9.17) is 21.6 Å². The minimum Gasteiger partial charge on any atom is -0.457 e. The lowest BCUT2D eigenvalue weighted by molar-refractivity contribution is -0.140. The first-order valence-electron chi connectivity index (χ1n) is 10.2. The molecule has 31 heavy (non-hydrogen) atoms. The van der Waals surface area contributed by atoms with Crippen LogP contribution in [-0.2, 0) is 16.0 Å². The molecule has 3 rings (SSSR count). The maximum Gasteiger partial charge on any atom is 0.329 e. The van der Waals surface area contributed by atoms with Crippen molar-refractivity contribution in [3.05, 3.63) is 95.0 Å². The predicted molar refractivity (Wildman–Crippen MR) is 121 cm³/mol. The Morgan fingerprint density at radius 2 is 1.71 bits per heavy atom. The summed E-state index contributed by atoms with van der Waals surface area (Å²) in [5.74, 6) is 0.564. The zero-order valence-electron chi connectivity index (χ0n) is 17.3.